The van der Waals surface area contributed by atoms with E-state index in [0.717, 1.165) is 17.0 Å². The van der Waals surface area contributed by atoms with Crippen molar-refractivity contribution in [1.82, 2.24) is 19.2 Å². The van der Waals surface area contributed by atoms with E-state index in [2.05, 4.69) is 10.1 Å². The van der Waals surface area contributed by atoms with Crippen LogP contribution in [-0.4, -0.2) is 19.2 Å². The van der Waals surface area contributed by atoms with Crippen molar-refractivity contribution in [2.45, 2.75) is 6.92 Å². The number of fused-ring (bicyclic) bond motifs is 1. The summed E-state index contributed by atoms with van der Waals surface area (Å²) in [7, 11) is 0. The molecule has 3 aromatic rings. The third-order valence-corrected chi connectivity index (χ3v) is 2.58. The molecular formula is C11H11N5. The van der Waals surface area contributed by atoms with Crippen LogP contribution in [0, 0.1) is 6.92 Å². The van der Waals surface area contributed by atoms with Crippen LogP contribution in [0.25, 0.3) is 11.5 Å². The minimum absolute atomic E-state index is 0.553. The molecule has 0 aliphatic rings. The molecule has 0 atom stereocenters. The number of pyridine rings is 1. The lowest BCUT2D eigenvalue weighted by molar-refractivity contribution is 0.833. The maximum Gasteiger partial charge on any atom is 0.148 e. The number of aromatic nitrogens is 4. The van der Waals surface area contributed by atoms with Crippen LogP contribution in [0.15, 0.2) is 36.8 Å². The first-order chi connectivity index (χ1) is 7.75. The Bertz CT molecular complexity index is 630. The minimum atomic E-state index is 0.553. The number of nitrogens with zero attached hydrogens (tertiary/aromatic N) is 4. The second-order valence-corrected chi connectivity index (χ2v) is 3.68. The van der Waals surface area contributed by atoms with Gasteiger partial charge in [-0.25, -0.2) is 9.67 Å². The van der Waals surface area contributed by atoms with Crippen LogP contribution in [0.5, 0.6) is 0 Å². The van der Waals surface area contributed by atoms with E-state index in [4.69, 9.17) is 5.73 Å². The molecule has 0 aliphatic carbocycles. The molecule has 0 spiro atoms. The van der Waals surface area contributed by atoms with E-state index in [1.165, 1.54) is 0 Å². The first-order valence-electron chi connectivity index (χ1n) is 5.00. The van der Waals surface area contributed by atoms with Crippen LogP contribution in [0.3, 0.4) is 0 Å². The van der Waals surface area contributed by atoms with Gasteiger partial charge in [0.2, 0.25) is 0 Å². The van der Waals surface area contributed by atoms with Crippen molar-refractivity contribution < 1.29 is 0 Å². The maximum atomic E-state index is 5.74. The fourth-order valence-corrected chi connectivity index (χ4v) is 1.71. The molecule has 0 radical (unpaired) electrons. The number of hydrogen-bond acceptors (Lipinski definition) is 3. The molecule has 3 aromatic heterocycles. The highest BCUT2D eigenvalue weighted by Crippen LogP contribution is 2.14. The Morgan fingerprint density at radius 1 is 1.31 bits per heavy atom. The lowest BCUT2D eigenvalue weighted by Crippen LogP contribution is -2.02. The summed E-state index contributed by atoms with van der Waals surface area (Å²) in [6.45, 7) is 1.94. The van der Waals surface area contributed by atoms with Crippen LogP contribution >= 0.6 is 0 Å². The third-order valence-electron chi connectivity index (χ3n) is 2.58. The Morgan fingerprint density at radius 3 is 2.94 bits per heavy atom. The quantitative estimate of drug-likeness (QED) is 0.664. The Hall–Kier alpha value is -2.30. The topological polar surface area (TPSA) is 61.1 Å². The highest BCUT2D eigenvalue weighted by molar-refractivity contribution is 5.46. The van der Waals surface area contributed by atoms with Crippen molar-refractivity contribution in [2.24, 2.45) is 0 Å². The van der Waals surface area contributed by atoms with Gasteiger partial charge in [-0.15, -0.1) is 5.10 Å². The van der Waals surface area contributed by atoms with Crippen molar-refractivity contribution >= 4 is 11.5 Å². The number of rotatable bonds is 1. The van der Waals surface area contributed by atoms with Crippen molar-refractivity contribution in [3.8, 4) is 5.82 Å². The molecule has 0 amide bonds. The lowest BCUT2D eigenvalue weighted by Gasteiger charge is -2.04. The predicted molar refractivity (Wildman–Crippen MR) is 61.5 cm³/mol. The molecule has 0 saturated heterocycles. The van der Waals surface area contributed by atoms with E-state index >= 15 is 0 Å². The smallest absolute Gasteiger partial charge is 0.148 e. The van der Waals surface area contributed by atoms with Crippen molar-refractivity contribution in [3.05, 3.63) is 42.4 Å². The molecule has 3 rings (SSSR count). The van der Waals surface area contributed by atoms with Gasteiger partial charge in [0.1, 0.15) is 17.3 Å². The number of hydrogen-bond donors (Lipinski definition) is 1. The molecule has 3 heterocycles. The van der Waals surface area contributed by atoms with Crippen molar-refractivity contribution in [3.63, 3.8) is 0 Å². The number of nitrogens with two attached hydrogens (primary N) is 1. The maximum absolute atomic E-state index is 5.74. The van der Waals surface area contributed by atoms with Crippen molar-refractivity contribution in [2.75, 3.05) is 5.73 Å². The minimum Gasteiger partial charge on any atom is -0.382 e. The summed E-state index contributed by atoms with van der Waals surface area (Å²) in [4.78, 5) is 4.22. The largest absolute Gasteiger partial charge is 0.382 e. The Kier molecular flexibility index (Phi) is 1.73. The van der Waals surface area contributed by atoms with E-state index in [1.807, 2.05) is 41.9 Å². The highest BCUT2D eigenvalue weighted by atomic mass is 15.3. The number of anilines is 1. The van der Waals surface area contributed by atoms with Gasteiger partial charge in [-0.2, -0.15) is 0 Å². The van der Waals surface area contributed by atoms with Gasteiger partial charge in [-0.3, -0.25) is 4.40 Å². The van der Waals surface area contributed by atoms with Gasteiger partial charge in [0.25, 0.3) is 0 Å². The van der Waals surface area contributed by atoms with E-state index in [-0.39, 0.29) is 0 Å². The van der Waals surface area contributed by atoms with E-state index in [1.54, 1.807) is 10.9 Å². The SMILES string of the molecule is Cc1cn(-c2cccc3nccn23)nc1N. The fourth-order valence-electron chi connectivity index (χ4n) is 1.71. The molecular weight excluding hydrogens is 202 g/mol. The molecule has 0 aliphatic heterocycles. The zero-order valence-corrected chi connectivity index (χ0v) is 8.83. The molecule has 0 aromatic carbocycles. The van der Waals surface area contributed by atoms with Gasteiger partial charge in [0.05, 0.1) is 0 Å². The predicted octanol–water partition coefficient (Wildman–Crippen LogP) is 1.41. The van der Waals surface area contributed by atoms with Crippen LogP contribution in [0.2, 0.25) is 0 Å². The molecule has 0 bridgehead atoms. The Morgan fingerprint density at radius 2 is 2.19 bits per heavy atom. The third kappa shape index (κ3) is 1.18. The molecule has 0 fully saturated rings. The highest BCUT2D eigenvalue weighted by Gasteiger charge is 2.06. The number of imidazole rings is 1. The van der Waals surface area contributed by atoms with Crippen molar-refractivity contribution in [1.29, 1.82) is 0 Å². The second kappa shape index (κ2) is 3.10. The lowest BCUT2D eigenvalue weighted by atomic mass is 10.4. The molecule has 2 N–H and O–H groups in total. The molecule has 80 valence electrons. The summed E-state index contributed by atoms with van der Waals surface area (Å²) in [6, 6.07) is 5.87. The van der Waals surface area contributed by atoms with Crippen LogP contribution < -0.4 is 5.73 Å². The summed E-state index contributed by atoms with van der Waals surface area (Å²) in [5.41, 5.74) is 7.60. The monoisotopic (exact) mass is 213 g/mol. The molecule has 16 heavy (non-hydrogen) atoms. The summed E-state index contributed by atoms with van der Waals surface area (Å²) in [5.74, 6) is 1.48. The molecule has 5 heteroatoms. The first kappa shape index (κ1) is 8.96. The van der Waals surface area contributed by atoms with Gasteiger partial charge in [0, 0.05) is 24.2 Å². The van der Waals surface area contributed by atoms with Gasteiger partial charge in [0.15, 0.2) is 0 Å². The van der Waals surface area contributed by atoms with Crippen LogP contribution in [0.4, 0.5) is 5.82 Å². The van der Waals surface area contributed by atoms with Gasteiger partial charge < -0.3 is 5.73 Å². The summed E-state index contributed by atoms with van der Waals surface area (Å²) < 4.78 is 3.73. The average molecular weight is 213 g/mol. The van der Waals surface area contributed by atoms with E-state index in [0.29, 0.717) is 5.82 Å². The zero-order chi connectivity index (χ0) is 11.1. The summed E-state index contributed by atoms with van der Waals surface area (Å²) >= 11 is 0. The van der Waals surface area contributed by atoms with Gasteiger partial charge >= 0.3 is 0 Å². The van der Waals surface area contributed by atoms with Crippen LogP contribution in [-0.2, 0) is 0 Å². The standard InChI is InChI=1S/C11H11N5/c1-8-7-16(14-11(8)12)10-4-2-3-9-13-5-6-15(9)10/h2-7H,1H3,(H2,12,14). The molecule has 5 nitrogen and oxygen atoms in total. The number of nitrogen functional groups attached to an aromatic ring is 1. The Labute approximate surface area is 92.1 Å². The first-order valence-corrected chi connectivity index (χ1v) is 5.00. The fraction of sp³-hybridized carbons (Fsp3) is 0.0909. The molecule has 0 saturated carbocycles. The number of aryl methyl sites for hydroxylation is 1. The van der Waals surface area contributed by atoms with Gasteiger partial charge in [-0.1, -0.05) is 6.07 Å². The second-order valence-electron chi connectivity index (χ2n) is 3.68. The average Bonchev–Trinajstić information content (AvgIpc) is 2.85. The van der Waals surface area contributed by atoms with Crippen LogP contribution in [0.1, 0.15) is 5.56 Å². The Balaban J connectivity index is 2.29. The van der Waals surface area contributed by atoms with E-state index < -0.39 is 0 Å². The molecule has 0 unspecified atom stereocenters. The summed E-state index contributed by atoms with van der Waals surface area (Å²) in [6.07, 6.45) is 5.57. The summed E-state index contributed by atoms with van der Waals surface area (Å²) in [5, 5.41) is 4.26. The normalized spacial score (nSPS) is 11.1. The van der Waals surface area contributed by atoms with E-state index in [9.17, 15) is 0 Å². The zero-order valence-electron chi connectivity index (χ0n) is 8.83. The van der Waals surface area contributed by atoms with Gasteiger partial charge in [-0.05, 0) is 19.1 Å².